The number of aryl methyl sites for hydroxylation is 1. The molecule has 0 saturated carbocycles. The summed E-state index contributed by atoms with van der Waals surface area (Å²) in [6, 6.07) is 8.10. The number of para-hydroxylation sites is 1. The van der Waals surface area contributed by atoms with E-state index in [9.17, 15) is 0 Å². The first kappa shape index (κ1) is 17.7. The molecule has 0 aliphatic carbocycles. The molecule has 2 rings (SSSR count). The van der Waals surface area contributed by atoms with Gasteiger partial charge in [0.15, 0.2) is 0 Å². The number of nitrogens with one attached hydrogen (secondary N) is 1. The van der Waals surface area contributed by atoms with Gasteiger partial charge in [0.2, 0.25) is 5.16 Å². The van der Waals surface area contributed by atoms with E-state index in [1.165, 1.54) is 5.56 Å². The number of halogens is 1. The Hall–Kier alpha value is -1.31. The van der Waals surface area contributed by atoms with Gasteiger partial charge in [-0.05, 0) is 23.4 Å². The van der Waals surface area contributed by atoms with Crippen LogP contribution < -0.4 is 10.1 Å². The van der Waals surface area contributed by atoms with E-state index in [-0.39, 0.29) is 12.4 Å². The third kappa shape index (κ3) is 5.53. The monoisotopic (exact) mass is 329 g/mol. The molecule has 1 N–H and O–H groups in total. The van der Waals surface area contributed by atoms with Crippen LogP contribution in [-0.4, -0.2) is 39.1 Å². The van der Waals surface area contributed by atoms with Gasteiger partial charge in [0.25, 0.3) is 0 Å². The van der Waals surface area contributed by atoms with Crippen LogP contribution in [0.15, 0.2) is 29.4 Å². The third-order valence-corrected chi connectivity index (χ3v) is 3.69. The van der Waals surface area contributed by atoms with Crippen molar-refractivity contribution in [3.05, 3.63) is 29.8 Å². The van der Waals surface area contributed by atoms with E-state index in [1.807, 2.05) is 32.2 Å². The van der Waals surface area contributed by atoms with Crippen molar-refractivity contribution < 1.29 is 4.74 Å². The fraction of sp³-hybridized carbons (Fsp3) is 0.462. The fourth-order valence-electron chi connectivity index (χ4n) is 1.73. The first-order chi connectivity index (χ1) is 9.81. The van der Waals surface area contributed by atoms with E-state index in [4.69, 9.17) is 4.74 Å². The molecular formula is C13H20ClN5OS. The molecule has 2 aromatic rings. The summed E-state index contributed by atoms with van der Waals surface area (Å²) < 4.78 is 7.27. The Labute approximate surface area is 135 Å². The van der Waals surface area contributed by atoms with Crippen molar-refractivity contribution in [2.24, 2.45) is 7.05 Å². The van der Waals surface area contributed by atoms with Crippen LogP contribution in [-0.2, 0) is 13.6 Å². The molecule has 0 amide bonds. The second kappa shape index (κ2) is 9.59. The van der Waals surface area contributed by atoms with Crippen LogP contribution in [0.25, 0.3) is 0 Å². The minimum atomic E-state index is 0. The zero-order chi connectivity index (χ0) is 14.2. The van der Waals surface area contributed by atoms with Crippen LogP contribution in [0.2, 0.25) is 0 Å². The van der Waals surface area contributed by atoms with Crippen LogP contribution in [0, 0.1) is 0 Å². The van der Waals surface area contributed by atoms with Gasteiger partial charge in [0.1, 0.15) is 5.75 Å². The van der Waals surface area contributed by atoms with Gasteiger partial charge in [-0.3, -0.25) is 0 Å². The standard InChI is InChI=1S/C13H19N5OS.ClH/c1-3-19-12-7-5-4-6-11(12)10-14-8-9-20-13-15-16-17-18(13)2;/h4-7,14H,3,8-10H2,1-2H3;1H. The molecule has 0 aliphatic rings. The van der Waals surface area contributed by atoms with Crippen molar-refractivity contribution >= 4 is 24.2 Å². The van der Waals surface area contributed by atoms with Crippen LogP contribution in [0.5, 0.6) is 5.75 Å². The summed E-state index contributed by atoms with van der Waals surface area (Å²) in [5.41, 5.74) is 1.18. The lowest BCUT2D eigenvalue weighted by molar-refractivity contribution is 0.335. The summed E-state index contributed by atoms with van der Waals surface area (Å²) in [6.07, 6.45) is 0. The fourth-order valence-corrected chi connectivity index (χ4v) is 2.47. The Kier molecular flexibility index (Phi) is 8.11. The lowest BCUT2D eigenvalue weighted by Crippen LogP contribution is -2.17. The van der Waals surface area contributed by atoms with Crippen LogP contribution in [0.1, 0.15) is 12.5 Å². The highest BCUT2D eigenvalue weighted by Crippen LogP contribution is 2.17. The summed E-state index contributed by atoms with van der Waals surface area (Å²) in [7, 11) is 1.84. The molecule has 21 heavy (non-hydrogen) atoms. The van der Waals surface area contributed by atoms with Gasteiger partial charge < -0.3 is 10.1 Å². The largest absolute Gasteiger partial charge is 0.494 e. The maximum Gasteiger partial charge on any atom is 0.209 e. The molecule has 0 atom stereocenters. The van der Waals surface area contributed by atoms with E-state index in [0.717, 1.165) is 29.7 Å². The third-order valence-electron chi connectivity index (χ3n) is 2.68. The molecule has 0 bridgehead atoms. The second-order valence-electron chi connectivity index (χ2n) is 4.15. The molecule has 0 radical (unpaired) electrons. The second-order valence-corrected chi connectivity index (χ2v) is 5.21. The molecule has 116 valence electrons. The zero-order valence-corrected chi connectivity index (χ0v) is 13.8. The highest BCUT2D eigenvalue weighted by Gasteiger charge is 2.03. The Morgan fingerprint density at radius 2 is 2.14 bits per heavy atom. The molecule has 8 heteroatoms. The van der Waals surface area contributed by atoms with Crippen LogP contribution in [0.3, 0.4) is 0 Å². The van der Waals surface area contributed by atoms with Crippen molar-refractivity contribution in [1.29, 1.82) is 0 Å². The summed E-state index contributed by atoms with van der Waals surface area (Å²) in [5.74, 6) is 1.87. The van der Waals surface area contributed by atoms with Crippen LogP contribution >= 0.6 is 24.2 Å². The minimum Gasteiger partial charge on any atom is -0.494 e. The number of hydrogen-bond acceptors (Lipinski definition) is 6. The normalized spacial score (nSPS) is 10.2. The highest BCUT2D eigenvalue weighted by molar-refractivity contribution is 7.99. The van der Waals surface area contributed by atoms with E-state index < -0.39 is 0 Å². The molecule has 0 aliphatic heterocycles. The summed E-state index contributed by atoms with van der Waals surface area (Å²) >= 11 is 1.64. The minimum absolute atomic E-state index is 0. The smallest absolute Gasteiger partial charge is 0.209 e. The number of aromatic nitrogens is 4. The summed E-state index contributed by atoms with van der Waals surface area (Å²) in [4.78, 5) is 0. The first-order valence-electron chi connectivity index (χ1n) is 6.58. The molecule has 0 saturated heterocycles. The van der Waals surface area contributed by atoms with Crippen molar-refractivity contribution in [2.75, 3.05) is 18.9 Å². The van der Waals surface area contributed by atoms with E-state index in [0.29, 0.717) is 6.61 Å². The lowest BCUT2D eigenvalue weighted by Gasteiger charge is -2.10. The van der Waals surface area contributed by atoms with Crippen molar-refractivity contribution in [1.82, 2.24) is 25.5 Å². The summed E-state index contributed by atoms with van der Waals surface area (Å²) in [5, 5.41) is 15.6. The average Bonchev–Trinajstić information content (AvgIpc) is 2.86. The van der Waals surface area contributed by atoms with E-state index in [1.54, 1.807) is 16.4 Å². The van der Waals surface area contributed by atoms with Gasteiger partial charge in [-0.25, -0.2) is 4.68 Å². The van der Waals surface area contributed by atoms with Gasteiger partial charge >= 0.3 is 0 Å². The quantitative estimate of drug-likeness (QED) is 0.589. The molecule has 1 aromatic carbocycles. The first-order valence-corrected chi connectivity index (χ1v) is 7.56. The van der Waals surface area contributed by atoms with Crippen LogP contribution in [0.4, 0.5) is 0 Å². The zero-order valence-electron chi connectivity index (χ0n) is 12.2. The van der Waals surface area contributed by atoms with Gasteiger partial charge in [0, 0.05) is 31.5 Å². The number of benzene rings is 1. The Morgan fingerprint density at radius 1 is 1.33 bits per heavy atom. The van der Waals surface area contributed by atoms with E-state index in [2.05, 4.69) is 26.9 Å². The number of nitrogens with zero attached hydrogens (tertiary/aromatic N) is 4. The molecular weight excluding hydrogens is 310 g/mol. The Morgan fingerprint density at radius 3 is 2.86 bits per heavy atom. The number of tetrazole rings is 1. The molecule has 0 fully saturated rings. The SMILES string of the molecule is CCOc1ccccc1CNCCSc1nnnn1C.Cl. The van der Waals surface area contributed by atoms with Crippen molar-refractivity contribution in [2.45, 2.75) is 18.6 Å². The van der Waals surface area contributed by atoms with Gasteiger partial charge in [0.05, 0.1) is 6.61 Å². The number of hydrogen-bond donors (Lipinski definition) is 1. The molecule has 1 heterocycles. The Balaban J connectivity index is 0.00000220. The van der Waals surface area contributed by atoms with E-state index >= 15 is 0 Å². The van der Waals surface area contributed by atoms with Gasteiger partial charge in [-0.1, -0.05) is 30.0 Å². The topological polar surface area (TPSA) is 64.9 Å². The average molecular weight is 330 g/mol. The van der Waals surface area contributed by atoms with Gasteiger partial charge in [-0.2, -0.15) is 0 Å². The van der Waals surface area contributed by atoms with Crippen molar-refractivity contribution in [3.8, 4) is 5.75 Å². The maximum atomic E-state index is 5.59. The predicted molar refractivity (Wildman–Crippen MR) is 86.1 cm³/mol. The Bertz CT molecular complexity index is 537. The predicted octanol–water partition coefficient (Wildman–Crippen LogP) is 1.91. The number of rotatable bonds is 8. The maximum absolute atomic E-state index is 5.59. The van der Waals surface area contributed by atoms with Gasteiger partial charge in [-0.15, -0.1) is 17.5 Å². The van der Waals surface area contributed by atoms with Crippen molar-refractivity contribution in [3.63, 3.8) is 0 Å². The highest BCUT2D eigenvalue weighted by atomic mass is 35.5. The number of ether oxygens (including phenoxy) is 1. The molecule has 1 aromatic heterocycles. The lowest BCUT2D eigenvalue weighted by atomic mass is 10.2. The molecule has 0 unspecified atom stereocenters. The molecule has 6 nitrogen and oxygen atoms in total. The number of thioether (sulfide) groups is 1. The summed E-state index contributed by atoms with van der Waals surface area (Å²) in [6.45, 7) is 4.37. The molecule has 0 spiro atoms.